The minimum absolute atomic E-state index is 0. The highest BCUT2D eigenvalue weighted by Crippen LogP contribution is 2.30. The number of benzene rings is 2. The van der Waals surface area contributed by atoms with Crippen LogP contribution in [0, 0.1) is 11.6 Å². The van der Waals surface area contributed by atoms with Gasteiger partial charge in [-0.05, 0) is 65.9 Å². The monoisotopic (exact) mass is 484 g/mol. The summed E-state index contributed by atoms with van der Waals surface area (Å²) in [5, 5.41) is 2.91. The summed E-state index contributed by atoms with van der Waals surface area (Å²) >= 11 is 0. The molecule has 6 heteroatoms. The van der Waals surface area contributed by atoms with Crippen LogP contribution >= 0.6 is 12.4 Å². The minimum Gasteiger partial charge on any atom is -0.353 e. The molecule has 0 bridgehead atoms. The van der Waals surface area contributed by atoms with E-state index in [4.69, 9.17) is 0 Å². The fraction of sp³-hybridized carbons (Fsp3) is 0.286. The molecular formula is C28H31ClF2N2O. The second kappa shape index (κ2) is 15.0. The van der Waals surface area contributed by atoms with Crippen LogP contribution in [0.4, 0.5) is 8.78 Å². The third kappa shape index (κ3) is 9.44. The van der Waals surface area contributed by atoms with E-state index in [1.54, 1.807) is 18.5 Å². The van der Waals surface area contributed by atoms with E-state index in [-0.39, 0.29) is 35.9 Å². The lowest BCUT2D eigenvalue weighted by Gasteiger charge is -2.18. The number of carbonyl (C=O) groups is 1. The molecule has 1 heterocycles. The summed E-state index contributed by atoms with van der Waals surface area (Å²) in [4.78, 5) is 15.9. The molecule has 0 aliphatic rings. The van der Waals surface area contributed by atoms with Crippen LogP contribution in [-0.2, 0) is 4.79 Å². The molecule has 34 heavy (non-hydrogen) atoms. The highest BCUT2D eigenvalue weighted by Gasteiger charge is 2.14. The Bertz CT molecular complexity index is 963. The highest BCUT2D eigenvalue weighted by atomic mass is 35.5. The number of halogens is 3. The number of amides is 1. The maximum absolute atomic E-state index is 13.3. The Labute approximate surface area is 206 Å². The van der Waals surface area contributed by atoms with Gasteiger partial charge in [-0.25, -0.2) is 8.78 Å². The van der Waals surface area contributed by atoms with Crippen molar-refractivity contribution in [2.75, 3.05) is 6.54 Å². The zero-order valence-electron chi connectivity index (χ0n) is 19.1. The van der Waals surface area contributed by atoms with Gasteiger partial charge in [0.15, 0.2) is 0 Å². The molecule has 0 spiro atoms. The van der Waals surface area contributed by atoms with Crippen molar-refractivity contribution in [1.82, 2.24) is 10.3 Å². The first-order valence-electron chi connectivity index (χ1n) is 11.5. The lowest BCUT2D eigenvalue weighted by Crippen LogP contribution is -2.21. The van der Waals surface area contributed by atoms with E-state index in [2.05, 4.69) is 10.3 Å². The van der Waals surface area contributed by atoms with Crippen molar-refractivity contribution in [1.29, 1.82) is 0 Å². The molecule has 1 amide bonds. The molecule has 0 radical (unpaired) electrons. The smallest absolute Gasteiger partial charge is 0.243 e. The number of nitrogens with one attached hydrogen (secondary N) is 1. The SMILES string of the molecule is Cl.O=C(/C=C\c1cccnc1)NCCCCCCCC(c1ccc(F)cc1)c1ccc(F)cc1. The van der Waals surface area contributed by atoms with Gasteiger partial charge in [-0.2, -0.15) is 0 Å². The van der Waals surface area contributed by atoms with Gasteiger partial charge in [0.2, 0.25) is 5.91 Å². The summed E-state index contributed by atoms with van der Waals surface area (Å²) in [5.41, 5.74) is 2.99. The molecule has 180 valence electrons. The van der Waals surface area contributed by atoms with Crippen molar-refractivity contribution in [3.8, 4) is 0 Å². The van der Waals surface area contributed by atoms with Gasteiger partial charge in [-0.15, -0.1) is 12.4 Å². The molecule has 3 aromatic rings. The molecule has 1 N–H and O–H groups in total. The number of hydrogen-bond donors (Lipinski definition) is 1. The van der Waals surface area contributed by atoms with E-state index in [1.165, 1.54) is 30.3 Å². The summed E-state index contributed by atoms with van der Waals surface area (Å²) in [6, 6.07) is 16.9. The zero-order chi connectivity index (χ0) is 23.3. The van der Waals surface area contributed by atoms with E-state index in [0.717, 1.165) is 55.2 Å². The van der Waals surface area contributed by atoms with E-state index in [9.17, 15) is 13.6 Å². The van der Waals surface area contributed by atoms with Gasteiger partial charge < -0.3 is 5.32 Å². The average Bonchev–Trinajstić information content (AvgIpc) is 2.84. The highest BCUT2D eigenvalue weighted by molar-refractivity contribution is 5.91. The Morgan fingerprint density at radius 3 is 2.03 bits per heavy atom. The molecule has 0 aliphatic heterocycles. The molecule has 0 aliphatic carbocycles. The summed E-state index contributed by atoms with van der Waals surface area (Å²) in [5.74, 6) is -0.482. The molecule has 1 aromatic heterocycles. The first-order chi connectivity index (χ1) is 16.1. The number of pyridine rings is 1. The normalized spacial score (nSPS) is 10.9. The lowest BCUT2D eigenvalue weighted by atomic mass is 9.86. The number of nitrogens with zero attached hydrogens (tertiary/aromatic N) is 1. The summed E-state index contributed by atoms with van der Waals surface area (Å²) in [6.07, 6.45) is 12.8. The van der Waals surface area contributed by atoms with Gasteiger partial charge in [0.05, 0.1) is 0 Å². The Kier molecular flexibility index (Phi) is 12.0. The van der Waals surface area contributed by atoms with Crippen LogP contribution in [0.5, 0.6) is 0 Å². The van der Waals surface area contributed by atoms with Crippen LogP contribution in [0.15, 0.2) is 79.1 Å². The Morgan fingerprint density at radius 1 is 0.853 bits per heavy atom. The second-order valence-corrected chi connectivity index (χ2v) is 8.12. The van der Waals surface area contributed by atoms with Gasteiger partial charge in [-0.3, -0.25) is 9.78 Å². The number of hydrogen-bond acceptors (Lipinski definition) is 2. The van der Waals surface area contributed by atoms with Crippen molar-refractivity contribution in [3.63, 3.8) is 0 Å². The summed E-state index contributed by atoms with van der Waals surface area (Å²) < 4.78 is 26.7. The van der Waals surface area contributed by atoms with E-state index >= 15 is 0 Å². The molecular weight excluding hydrogens is 454 g/mol. The maximum atomic E-state index is 13.3. The van der Waals surface area contributed by atoms with Gasteiger partial charge in [0, 0.05) is 30.9 Å². The van der Waals surface area contributed by atoms with E-state index < -0.39 is 0 Å². The fourth-order valence-electron chi connectivity index (χ4n) is 3.84. The van der Waals surface area contributed by atoms with Gasteiger partial charge >= 0.3 is 0 Å². The van der Waals surface area contributed by atoms with Crippen molar-refractivity contribution >= 4 is 24.4 Å². The molecule has 3 rings (SSSR count). The largest absolute Gasteiger partial charge is 0.353 e. The van der Waals surface area contributed by atoms with Crippen LogP contribution in [0.2, 0.25) is 0 Å². The summed E-state index contributed by atoms with van der Waals surface area (Å²) in [7, 11) is 0. The standard InChI is InChI=1S/C28H30F2N2O.ClH/c29-25-14-10-23(11-15-25)27(24-12-16-26(30)17-13-24)8-4-2-1-3-5-20-32-28(33)18-9-22-7-6-19-31-21-22;/h6-7,9-19,21,27H,1-5,8,20H2,(H,32,33);1H/b18-9-;. The second-order valence-electron chi connectivity index (χ2n) is 8.12. The van der Waals surface area contributed by atoms with Crippen LogP contribution in [0.25, 0.3) is 6.08 Å². The van der Waals surface area contributed by atoms with Crippen molar-refractivity contribution in [3.05, 3.63) is 107 Å². The first kappa shape index (κ1) is 27.2. The average molecular weight is 485 g/mol. The quantitative estimate of drug-likeness (QED) is 0.220. The summed E-state index contributed by atoms with van der Waals surface area (Å²) in [6.45, 7) is 0.657. The third-order valence-electron chi connectivity index (χ3n) is 5.63. The molecule has 0 fully saturated rings. The molecule has 0 unspecified atom stereocenters. The molecule has 2 aromatic carbocycles. The van der Waals surface area contributed by atoms with Crippen molar-refractivity contribution < 1.29 is 13.6 Å². The van der Waals surface area contributed by atoms with Crippen LogP contribution in [0.1, 0.15) is 61.1 Å². The van der Waals surface area contributed by atoms with Crippen LogP contribution in [-0.4, -0.2) is 17.4 Å². The zero-order valence-corrected chi connectivity index (χ0v) is 19.9. The van der Waals surface area contributed by atoms with E-state index in [1.807, 2.05) is 36.4 Å². The molecule has 0 saturated heterocycles. The third-order valence-corrected chi connectivity index (χ3v) is 5.63. The minimum atomic E-state index is -0.253. The van der Waals surface area contributed by atoms with E-state index in [0.29, 0.717) is 6.54 Å². The van der Waals surface area contributed by atoms with Gasteiger partial charge in [0.1, 0.15) is 11.6 Å². The maximum Gasteiger partial charge on any atom is 0.243 e. The van der Waals surface area contributed by atoms with Crippen molar-refractivity contribution in [2.24, 2.45) is 0 Å². The Hall–Kier alpha value is -3.05. The number of rotatable bonds is 12. The van der Waals surface area contributed by atoms with Gasteiger partial charge in [-0.1, -0.05) is 56.0 Å². The van der Waals surface area contributed by atoms with Crippen LogP contribution < -0.4 is 5.32 Å². The number of carbonyl (C=O) groups excluding carboxylic acids is 1. The predicted molar refractivity (Wildman–Crippen MR) is 136 cm³/mol. The number of unbranched alkanes of at least 4 members (excludes halogenated alkanes) is 4. The lowest BCUT2D eigenvalue weighted by molar-refractivity contribution is -0.116. The van der Waals surface area contributed by atoms with Gasteiger partial charge in [0.25, 0.3) is 0 Å². The fourth-order valence-corrected chi connectivity index (χ4v) is 3.84. The predicted octanol–water partition coefficient (Wildman–Crippen LogP) is 7.08. The molecule has 3 nitrogen and oxygen atoms in total. The first-order valence-corrected chi connectivity index (χ1v) is 11.5. The van der Waals surface area contributed by atoms with Crippen LogP contribution in [0.3, 0.4) is 0 Å². The molecule has 0 atom stereocenters. The Balaban J connectivity index is 0.00000408. The Morgan fingerprint density at radius 2 is 1.44 bits per heavy atom. The topological polar surface area (TPSA) is 42.0 Å². The molecule has 0 saturated carbocycles. The number of aromatic nitrogens is 1. The van der Waals surface area contributed by atoms with Crippen molar-refractivity contribution in [2.45, 2.75) is 44.4 Å².